The van der Waals surface area contributed by atoms with Crippen molar-refractivity contribution in [2.75, 3.05) is 6.54 Å². The maximum absolute atomic E-state index is 13.0. The lowest BCUT2D eigenvalue weighted by Gasteiger charge is -2.22. The van der Waals surface area contributed by atoms with Gasteiger partial charge in [-0.05, 0) is 42.5 Å². The molecule has 0 radical (unpaired) electrons. The molecule has 0 saturated heterocycles. The van der Waals surface area contributed by atoms with Crippen LogP contribution in [-0.4, -0.2) is 52.6 Å². The first-order valence-corrected chi connectivity index (χ1v) is 10.9. The molecule has 2 aromatic carbocycles. The van der Waals surface area contributed by atoms with Gasteiger partial charge in [0.15, 0.2) is 5.96 Å². The zero-order chi connectivity index (χ0) is 24.9. The molecule has 2 amide bonds. The summed E-state index contributed by atoms with van der Waals surface area (Å²) in [7, 11) is 0. The summed E-state index contributed by atoms with van der Waals surface area (Å²) < 4.78 is 0. The summed E-state index contributed by atoms with van der Waals surface area (Å²) in [6, 6.07) is 13.6. The number of phenolic OH excluding ortho intramolecular Hbond substituents is 1. The van der Waals surface area contributed by atoms with E-state index in [-0.39, 0.29) is 43.4 Å². The Bertz CT molecular complexity index is 975. The molecular weight excluding hydrogens is 438 g/mol. The van der Waals surface area contributed by atoms with Crippen LogP contribution in [0, 0.1) is 0 Å². The molecule has 0 aliphatic rings. The third kappa shape index (κ3) is 9.60. The highest BCUT2D eigenvalue weighted by atomic mass is 16.4. The number of hydrogen-bond donors (Lipinski definition) is 6. The van der Waals surface area contributed by atoms with Crippen molar-refractivity contribution in [1.82, 2.24) is 10.6 Å². The number of nitrogens with two attached hydrogens (primary N) is 2. The fourth-order valence-electron chi connectivity index (χ4n) is 3.28. The number of guanidine groups is 1. The van der Waals surface area contributed by atoms with Crippen molar-refractivity contribution in [3.05, 3.63) is 65.7 Å². The average Bonchev–Trinajstić information content (AvgIpc) is 2.80. The number of benzene rings is 2. The lowest BCUT2D eigenvalue weighted by Crippen LogP contribution is -2.52. The number of nitrogens with one attached hydrogen (secondary N) is 2. The number of aliphatic carboxylic acids is 1. The normalized spacial score (nSPS) is 12.2. The first kappa shape index (κ1) is 26.2. The van der Waals surface area contributed by atoms with E-state index in [9.17, 15) is 24.6 Å². The Hall–Kier alpha value is -4.08. The Morgan fingerprint density at radius 3 is 2.21 bits per heavy atom. The summed E-state index contributed by atoms with van der Waals surface area (Å²) in [5.41, 5.74) is 12.2. The summed E-state index contributed by atoms with van der Waals surface area (Å²) in [5, 5.41) is 24.1. The second kappa shape index (κ2) is 13.5. The Morgan fingerprint density at radius 2 is 1.59 bits per heavy atom. The molecule has 0 fully saturated rings. The molecule has 0 aliphatic heterocycles. The molecule has 0 unspecified atom stereocenters. The van der Waals surface area contributed by atoms with Crippen molar-refractivity contribution < 1.29 is 24.6 Å². The third-order valence-electron chi connectivity index (χ3n) is 5.07. The molecular formula is C24H31N5O5. The molecule has 0 spiro atoms. The van der Waals surface area contributed by atoms with Crippen LogP contribution in [0.2, 0.25) is 0 Å². The topological polar surface area (TPSA) is 180 Å². The largest absolute Gasteiger partial charge is 0.508 e. The van der Waals surface area contributed by atoms with E-state index in [1.165, 1.54) is 12.1 Å². The van der Waals surface area contributed by atoms with E-state index in [1.807, 2.05) is 30.3 Å². The fraction of sp³-hybridized carbons (Fsp3) is 0.333. The van der Waals surface area contributed by atoms with Crippen LogP contribution in [0.1, 0.15) is 30.4 Å². The van der Waals surface area contributed by atoms with Gasteiger partial charge >= 0.3 is 5.97 Å². The van der Waals surface area contributed by atoms with E-state index >= 15 is 0 Å². The van der Waals surface area contributed by atoms with Crippen molar-refractivity contribution in [2.45, 2.75) is 44.2 Å². The molecule has 0 aromatic heterocycles. The van der Waals surface area contributed by atoms with Crippen LogP contribution in [0.4, 0.5) is 0 Å². The number of nitrogens with zero attached hydrogens (tertiary/aromatic N) is 1. The smallest absolute Gasteiger partial charge is 0.326 e. The van der Waals surface area contributed by atoms with Crippen molar-refractivity contribution >= 4 is 23.7 Å². The molecule has 10 heteroatoms. The number of amides is 2. The standard InChI is InChI=1S/C24H31N5O5/c25-24(26)27-14-4-7-19(23(33)34)29-22(32)20(15-17-5-2-1-3-6-17)28-21(31)13-10-16-8-11-18(30)12-9-16/h1-3,5-6,8-9,11-12,19-20,30H,4,7,10,13-15H2,(H,28,31)(H,29,32)(H,33,34)(H4,25,26,27)/t19-,20+/m0/s1. The Morgan fingerprint density at radius 1 is 0.912 bits per heavy atom. The molecule has 0 heterocycles. The van der Waals surface area contributed by atoms with Crippen molar-refractivity contribution in [2.24, 2.45) is 16.5 Å². The molecule has 2 atom stereocenters. The minimum Gasteiger partial charge on any atom is -0.508 e. The highest BCUT2D eigenvalue weighted by Gasteiger charge is 2.26. The van der Waals surface area contributed by atoms with E-state index in [2.05, 4.69) is 15.6 Å². The van der Waals surface area contributed by atoms with Crippen LogP contribution >= 0.6 is 0 Å². The fourth-order valence-corrected chi connectivity index (χ4v) is 3.28. The number of carboxylic acids is 1. The Labute approximate surface area is 198 Å². The predicted molar refractivity (Wildman–Crippen MR) is 128 cm³/mol. The van der Waals surface area contributed by atoms with Gasteiger partial charge in [0, 0.05) is 19.4 Å². The molecule has 0 aliphatic carbocycles. The Balaban J connectivity index is 2.03. The van der Waals surface area contributed by atoms with Crippen molar-refractivity contribution in [3.63, 3.8) is 0 Å². The van der Waals surface area contributed by atoms with Gasteiger partial charge in [0.2, 0.25) is 11.8 Å². The van der Waals surface area contributed by atoms with Gasteiger partial charge in [0.25, 0.3) is 0 Å². The van der Waals surface area contributed by atoms with Crippen LogP contribution in [-0.2, 0) is 27.2 Å². The number of hydrogen-bond acceptors (Lipinski definition) is 5. The number of carbonyl (C=O) groups excluding carboxylic acids is 2. The minimum atomic E-state index is -1.19. The highest BCUT2D eigenvalue weighted by Crippen LogP contribution is 2.11. The van der Waals surface area contributed by atoms with E-state index in [1.54, 1.807) is 12.1 Å². The third-order valence-corrected chi connectivity index (χ3v) is 5.07. The number of aliphatic imine (C=N–C) groups is 1. The first-order valence-electron chi connectivity index (χ1n) is 10.9. The summed E-state index contributed by atoms with van der Waals surface area (Å²) >= 11 is 0. The van der Waals surface area contributed by atoms with Crippen molar-refractivity contribution in [3.8, 4) is 5.75 Å². The average molecular weight is 470 g/mol. The zero-order valence-corrected chi connectivity index (χ0v) is 18.8. The van der Waals surface area contributed by atoms with Gasteiger partial charge in [-0.2, -0.15) is 0 Å². The molecule has 2 rings (SSSR count). The van der Waals surface area contributed by atoms with Gasteiger partial charge in [0.1, 0.15) is 17.8 Å². The number of aryl methyl sites for hydroxylation is 1. The number of carboxylic acid groups (broad SMARTS) is 1. The summed E-state index contributed by atoms with van der Waals surface area (Å²) in [6.07, 6.45) is 1.25. The predicted octanol–water partition coefficient (Wildman–Crippen LogP) is 0.675. The molecule has 2 aromatic rings. The van der Waals surface area contributed by atoms with E-state index in [4.69, 9.17) is 11.5 Å². The van der Waals surface area contributed by atoms with E-state index < -0.39 is 24.0 Å². The lowest BCUT2D eigenvalue weighted by molar-refractivity contribution is -0.142. The van der Waals surface area contributed by atoms with Gasteiger partial charge < -0.3 is 32.3 Å². The molecule has 182 valence electrons. The van der Waals surface area contributed by atoms with Crippen LogP contribution in [0.25, 0.3) is 0 Å². The van der Waals surface area contributed by atoms with Gasteiger partial charge in [0.05, 0.1) is 0 Å². The van der Waals surface area contributed by atoms with Gasteiger partial charge in [-0.3, -0.25) is 14.6 Å². The summed E-state index contributed by atoms with van der Waals surface area (Å²) in [5.74, 6) is -2.07. The van der Waals surface area contributed by atoms with Gasteiger partial charge in [-0.25, -0.2) is 4.79 Å². The summed E-state index contributed by atoms with van der Waals surface area (Å²) in [6.45, 7) is 0.240. The van der Waals surface area contributed by atoms with Crippen LogP contribution in [0.3, 0.4) is 0 Å². The second-order valence-electron chi connectivity index (χ2n) is 7.82. The molecule has 10 nitrogen and oxygen atoms in total. The number of aromatic hydroxyl groups is 1. The van der Waals surface area contributed by atoms with E-state index in [0.717, 1.165) is 11.1 Å². The first-order chi connectivity index (χ1) is 16.2. The SMILES string of the molecule is NC(N)=NCCC[C@H](NC(=O)[C@@H](Cc1ccccc1)NC(=O)CCc1ccc(O)cc1)C(=O)O. The lowest BCUT2D eigenvalue weighted by atomic mass is 10.0. The molecule has 0 saturated carbocycles. The maximum Gasteiger partial charge on any atom is 0.326 e. The van der Waals surface area contributed by atoms with Crippen LogP contribution < -0.4 is 22.1 Å². The summed E-state index contributed by atoms with van der Waals surface area (Å²) in [4.78, 5) is 41.0. The zero-order valence-electron chi connectivity index (χ0n) is 18.8. The molecule has 34 heavy (non-hydrogen) atoms. The number of rotatable bonds is 13. The van der Waals surface area contributed by atoms with Crippen LogP contribution in [0.5, 0.6) is 5.75 Å². The van der Waals surface area contributed by atoms with Crippen LogP contribution in [0.15, 0.2) is 59.6 Å². The highest BCUT2D eigenvalue weighted by molar-refractivity contribution is 5.90. The van der Waals surface area contributed by atoms with E-state index in [0.29, 0.717) is 12.8 Å². The maximum atomic E-state index is 13.0. The number of carbonyl (C=O) groups is 3. The molecule has 8 N–H and O–H groups in total. The monoisotopic (exact) mass is 469 g/mol. The van der Waals surface area contributed by atoms with Crippen molar-refractivity contribution in [1.29, 1.82) is 0 Å². The Kier molecular flexibility index (Phi) is 10.4. The quantitative estimate of drug-likeness (QED) is 0.142. The van der Waals surface area contributed by atoms with Gasteiger partial charge in [-0.15, -0.1) is 0 Å². The minimum absolute atomic E-state index is 0.0890. The molecule has 0 bridgehead atoms. The second-order valence-corrected chi connectivity index (χ2v) is 7.82. The van der Waals surface area contributed by atoms with Gasteiger partial charge in [-0.1, -0.05) is 42.5 Å². The number of phenols is 1.